The molecule has 1 atom stereocenters. The van der Waals surface area contributed by atoms with Crippen LogP contribution in [-0.2, 0) is 21.3 Å². The summed E-state index contributed by atoms with van der Waals surface area (Å²) in [6.07, 6.45) is 2.84. The average Bonchev–Trinajstić information content (AvgIpc) is 2.66. The van der Waals surface area contributed by atoms with Crippen LogP contribution < -0.4 is 15.4 Å². The maximum absolute atomic E-state index is 13.6. The molecule has 0 aliphatic carbocycles. The first kappa shape index (κ1) is 25.0. The van der Waals surface area contributed by atoms with Crippen molar-refractivity contribution >= 4 is 40.0 Å². The highest BCUT2D eigenvalue weighted by atomic mass is 127. The second kappa shape index (κ2) is 12.5. The summed E-state index contributed by atoms with van der Waals surface area (Å²) in [4.78, 5) is 3.94. The molecule has 1 aliphatic heterocycles. The van der Waals surface area contributed by atoms with Crippen LogP contribution >= 0.6 is 24.0 Å². The third-order valence-corrected chi connectivity index (χ3v) is 5.49. The van der Waals surface area contributed by atoms with Crippen LogP contribution in [0.5, 0.6) is 0 Å². The van der Waals surface area contributed by atoms with Crippen molar-refractivity contribution in [1.29, 1.82) is 0 Å². The summed E-state index contributed by atoms with van der Waals surface area (Å²) in [5.41, 5.74) is 0.153. The minimum absolute atomic E-state index is 0. The number of hydrogen-bond donors (Lipinski definition) is 3. The number of benzene rings is 1. The zero-order valence-corrected chi connectivity index (χ0v) is 18.9. The fourth-order valence-electron chi connectivity index (χ4n) is 2.64. The van der Waals surface area contributed by atoms with Gasteiger partial charge in [0.05, 0.1) is 11.9 Å². The average molecular weight is 532 g/mol. The second-order valence-electron chi connectivity index (χ2n) is 6.24. The molecule has 1 unspecified atom stereocenters. The highest BCUT2D eigenvalue weighted by Crippen LogP contribution is 2.12. The molecule has 160 valence electrons. The first-order chi connectivity index (χ1) is 12.9. The molecule has 28 heavy (non-hydrogen) atoms. The Morgan fingerprint density at radius 3 is 2.75 bits per heavy atom. The van der Waals surface area contributed by atoms with Gasteiger partial charge in [0.1, 0.15) is 11.6 Å². The topological polar surface area (TPSA) is 91.8 Å². The van der Waals surface area contributed by atoms with Gasteiger partial charge >= 0.3 is 0 Å². The fraction of sp³-hybridized carbons (Fsp3) is 0.588. The standard InChI is InChI=1S/C17H26F2N4O3S.HI/c1-20-17(22-11-13-10-14(18)5-6-16(13)19)21-7-9-27(24,25)23-12-15-4-2-3-8-26-15;/h5-6,10,15,23H,2-4,7-9,11-12H2,1H3,(H2,20,21,22);1H. The first-order valence-corrected chi connectivity index (χ1v) is 10.5. The number of hydrogen-bond acceptors (Lipinski definition) is 4. The summed E-state index contributed by atoms with van der Waals surface area (Å²) in [5, 5.41) is 5.66. The SMILES string of the molecule is CN=C(NCCS(=O)(=O)NCC1CCCCO1)NCc1cc(F)ccc1F.I. The summed E-state index contributed by atoms with van der Waals surface area (Å²) in [6.45, 7) is 1.08. The van der Waals surface area contributed by atoms with Gasteiger partial charge in [-0.15, -0.1) is 24.0 Å². The van der Waals surface area contributed by atoms with Gasteiger partial charge in [0.25, 0.3) is 0 Å². The van der Waals surface area contributed by atoms with Gasteiger partial charge in [0.15, 0.2) is 5.96 Å². The summed E-state index contributed by atoms with van der Waals surface area (Å²) in [6, 6.07) is 3.19. The van der Waals surface area contributed by atoms with Gasteiger partial charge in [0.2, 0.25) is 10.0 Å². The maximum atomic E-state index is 13.6. The molecule has 11 heteroatoms. The molecular formula is C17H27F2IN4O3S. The Labute approximate surface area is 181 Å². The molecule has 1 aromatic carbocycles. The summed E-state index contributed by atoms with van der Waals surface area (Å²) in [5.74, 6) is -0.912. The monoisotopic (exact) mass is 532 g/mol. The van der Waals surface area contributed by atoms with Crippen molar-refractivity contribution in [3.63, 3.8) is 0 Å². The van der Waals surface area contributed by atoms with Crippen LogP contribution in [0.1, 0.15) is 24.8 Å². The van der Waals surface area contributed by atoms with E-state index in [0.29, 0.717) is 12.6 Å². The van der Waals surface area contributed by atoms with Crippen LogP contribution in [0.25, 0.3) is 0 Å². The van der Waals surface area contributed by atoms with Crippen molar-refractivity contribution in [2.24, 2.45) is 4.99 Å². The number of sulfonamides is 1. The second-order valence-corrected chi connectivity index (χ2v) is 8.17. The van der Waals surface area contributed by atoms with E-state index in [4.69, 9.17) is 4.74 Å². The van der Waals surface area contributed by atoms with E-state index in [-0.39, 0.29) is 61.0 Å². The van der Waals surface area contributed by atoms with Gasteiger partial charge in [-0.1, -0.05) is 0 Å². The smallest absolute Gasteiger partial charge is 0.213 e. The highest BCUT2D eigenvalue weighted by molar-refractivity contribution is 14.0. The Kier molecular flexibility index (Phi) is 11.2. The lowest BCUT2D eigenvalue weighted by molar-refractivity contribution is 0.0200. The van der Waals surface area contributed by atoms with Gasteiger partial charge in [-0.25, -0.2) is 21.9 Å². The molecule has 0 amide bonds. The quantitative estimate of drug-likeness (QED) is 0.270. The molecular weight excluding hydrogens is 505 g/mol. The van der Waals surface area contributed by atoms with Crippen molar-refractivity contribution in [1.82, 2.24) is 15.4 Å². The van der Waals surface area contributed by atoms with Gasteiger partial charge in [-0.05, 0) is 37.5 Å². The normalized spacial score (nSPS) is 17.7. The minimum Gasteiger partial charge on any atom is -0.377 e. The van der Waals surface area contributed by atoms with Gasteiger partial charge in [-0.2, -0.15) is 0 Å². The third-order valence-electron chi connectivity index (χ3n) is 4.15. The van der Waals surface area contributed by atoms with E-state index in [2.05, 4.69) is 20.3 Å². The Bertz CT molecular complexity index is 744. The maximum Gasteiger partial charge on any atom is 0.213 e. The molecule has 7 nitrogen and oxygen atoms in total. The Morgan fingerprint density at radius 1 is 1.29 bits per heavy atom. The molecule has 0 saturated carbocycles. The van der Waals surface area contributed by atoms with E-state index in [9.17, 15) is 17.2 Å². The number of ether oxygens (including phenoxy) is 1. The van der Waals surface area contributed by atoms with Crippen LogP contribution in [-0.4, -0.2) is 53.0 Å². The Balaban J connectivity index is 0.00000392. The van der Waals surface area contributed by atoms with E-state index in [1.165, 1.54) is 7.05 Å². The zero-order valence-electron chi connectivity index (χ0n) is 15.7. The van der Waals surface area contributed by atoms with Crippen LogP contribution in [0.15, 0.2) is 23.2 Å². The number of nitrogens with zero attached hydrogens (tertiary/aromatic N) is 1. The molecule has 0 radical (unpaired) electrons. The van der Waals surface area contributed by atoms with Crippen molar-refractivity contribution < 1.29 is 21.9 Å². The number of aliphatic imine (C=N–C) groups is 1. The fourth-order valence-corrected chi connectivity index (χ4v) is 3.60. The lowest BCUT2D eigenvalue weighted by atomic mass is 10.1. The molecule has 0 bridgehead atoms. The number of rotatable bonds is 8. The van der Waals surface area contributed by atoms with Gasteiger partial charge < -0.3 is 15.4 Å². The lowest BCUT2D eigenvalue weighted by Crippen LogP contribution is -2.42. The minimum atomic E-state index is -3.45. The van der Waals surface area contributed by atoms with Crippen molar-refractivity contribution in [3.05, 3.63) is 35.4 Å². The van der Waals surface area contributed by atoms with E-state index in [0.717, 1.165) is 37.5 Å². The van der Waals surface area contributed by atoms with E-state index >= 15 is 0 Å². The molecule has 2 rings (SSSR count). The molecule has 1 heterocycles. The van der Waals surface area contributed by atoms with Crippen LogP contribution in [0.3, 0.4) is 0 Å². The molecule has 1 aliphatic rings. The number of nitrogens with one attached hydrogen (secondary N) is 3. The van der Waals surface area contributed by atoms with Gasteiger partial charge in [0, 0.05) is 38.9 Å². The van der Waals surface area contributed by atoms with E-state index in [1.807, 2.05) is 0 Å². The number of halogens is 3. The van der Waals surface area contributed by atoms with Crippen LogP contribution in [0.2, 0.25) is 0 Å². The zero-order chi connectivity index (χ0) is 19.7. The third kappa shape index (κ3) is 8.97. The largest absolute Gasteiger partial charge is 0.377 e. The molecule has 3 N–H and O–H groups in total. The Hall–Kier alpha value is -1.05. The molecule has 0 spiro atoms. The highest BCUT2D eigenvalue weighted by Gasteiger charge is 2.17. The van der Waals surface area contributed by atoms with Crippen LogP contribution in [0, 0.1) is 11.6 Å². The predicted octanol–water partition coefficient (Wildman–Crippen LogP) is 1.74. The molecule has 0 aromatic heterocycles. The first-order valence-electron chi connectivity index (χ1n) is 8.87. The molecule has 1 aromatic rings. The predicted molar refractivity (Wildman–Crippen MR) is 115 cm³/mol. The van der Waals surface area contributed by atoms with Crippen molar-refractivity contribution in [2.45, 2.75) is 31.9 Å². The van der Waals surface area contributed by atoms with Crippen LogP contribution in [0.4, 0.5) is 8.78 Å². The Morgan fingerprint density at radius 2 is 2.07 bits per heavy atom. The number of guanidine groups is 1. The van der Waals surface area contributed by atoms with Crippen molar-refractivity contribution in [3.8, 4) is 0 Å². The molecule has 1 fully saturated rings. The van der Waals surface area contributed by atoms with Crippen molar-refractivity contribution in [2.75, 3.05) is 32.5 Å². The van der Waals surface area contributed by atoms with E-state index in [1.54, 1.807) is 0 Å². The summed E-state index contributed by atoms with van der Waals surface area (Å²) >= 11 is 0. The molecule has 1 saturated heterocycles. The lowest BCUT2D eigenvalue weighted by Gasteiger charge is -2.22. The van der Waals surface area contributed by atoms with Gasteiger partial charge in [-0.3, -0.25) is 4.99 Å². The summed E-state index contributed by atoms with van der Waals surface area (Å²) in [7, 11) is -1.94. The summed E-state index contributed by atoms with van der Waals surface area (Å²) < 4.78 is 58.9. The van der Waals surface area contributed by atoms with E-state index < -0.39 is 21.7 Å².